The molecule has 0 bridgehead atoms. The molecular formula is C21H28BrIN4O. The fraction of sp³-hybridized carbons (Fsp3) is 0.333. The number of amides is 1. The molecule has 0 aliphatic heterocycles. The first kappa shape index (κ1) is 24.4. The molecular weight excluding hydrogens is 531 g/mol. The van der Waals surface area contributed by atoms with E-state index < -0.39 is 0 Å². The van der Waals surface area contributed by atoms with Crippen molar-refractivity contribution >= 4 is 51.8 Å². The highest BCUT2D eigenvalue weighted by Gasteiger charge is 2.11. The highest BCUT2D eigenvalue weighted by Crippen LogP contribution is 2.17. The molecule has 5 nitrogen and oxygen atoms in total. The number of nitrogens with one attached hydrogen (secondary N) is 2. The van der Waals surface area contributed by atoms with Gasteiger partial charge in [-0.3, -0.25) is 9.79 Å². The third kappa shape index (κ3) is 7.79. The van der Waals surface area contributed by atoms with Crippen molar-refractivity contribution in [3.63, 3.8) is 0 Å². The van der Waals surface area contributed by atoms with Crippen LogP contribution in [0, 0.1) is 6.92 Å². The van der Waals surface area contributed by atoms with Crippen LogP contribution >= 0.6 is 39.9 Å². The Balaban J connectivity index is 0.00000392. The summed E-state index contributed by atoms with van der Waals surface area (Å²) < 4.78 is 1.02. The zero-order chi connectivity index (χ0) is 19.6. The highest BCUT2D eigenvalue weighted by molar-refractivity contribution is 14.0. The molecule has 0 atom stereocenters. The van der Waals surface area contributed by atoms with E-state index in [0.29, 0.717) is 32.0 Å². The second-order valence-electron chi connectivity index (χ2n) is 6.37. The molecule has 2 N–H and O–H groups in total. The van der Waals surface area contributed by atoms with Gasteiger partial charge in [0.2, 0.25) is 5.91 Å². The molecule has 152 valence electrons. The lowest BCUT2D eigenvalue weighted by atomic mass is 10.1. The topological polar surface area (TPSA) is 56.7 Å². The van der Waals surface area contributed by atoms with Crippen molar-refractivity contribution in [1.82, 2.24) is 15.5 Å². The molecule has 2 aromatic carbocycles. The maximum atomic E-state index is 12.4. The Morgan fingerprint density at radius 3 is 2.36 bits per heavy atom. The van der Waals surface area contributed by atoms with Crippen LogP contribution in [0.15, 0.2) is 58.0 Å². The second kappa shape index (κ2) is 12.8. The van der Waals surface area contributed by atoms with Crippen LogP contribution in [0.5, 0.6) is 0 Å². The Labute approximate surface area is 193 Å². The second-order valence-corrected chi connectivity index (χ2v) is 7.22. The highest BCUT2D eigenvalue weighted by atomic mass is 127. The van der Waals surface area contributed by atoms with E-state index in [2.05, 4.69) is 50.6 Å². The summed E-state index contributed by atoms with van der Waals surface area (Å²) in [5, 5.41) is 6.49. The molecule has 0 fully saturated rings. The van der Waals surface area contributed by atoms with Crippen molar-refractivity contribution in [2.24, 2.45) is 4.99 Å². The van der Waals surface area contributed by atoms with Crippen molar-refractivity contribution in [2.75, 3.05) is 20.6 Å². The molecule has 0 heterocycles. The Bertz CT molecular complexity index is 797. The van der Waals surface area contributed by atoms with E-state index in [9.17, 15) is 4.79 Å². The molecule has 1 amide bonds. The fourth-order valence-corrected chi connectivity index (χ4v) is 3.07. The third-order valence-electron chi connectivity index (χ3n) is 4.35. The maximum Gasteiger partial charge on any atom is 0.224 e. The predicted molar refractivity (Wildman–Crippen MR) is 130 cm³/mol. The van der Waals surface area contributed by atoms with Crippen molar-refractivity contribution in [3.8, 4) is 0 Å². The van der Waals surface area contributed by atoms with Crippen LogP contribution in [0.25, 0.3) is 0 Å². The fourth-order valence-electron chi connectivity index (χ4n) is 2.66. The number of carbonyl (C=O) groups is 1. The molecule has 0 aliphatic carbocycles. The van der Waals surface area contributed by atoms with Crippen LogP contribution in [0.4, 0.5) is 0 Å². The monoisotopic (exact) mass is 558 g/mol. The Hall–Kier alpha value is -1.61. The molecule has 0 saturated carbocycles. The quantitative estimate of drug-likeness (QED) is 0.306. The number of halogens is 2. The normalized spacial score (nSPS) is 10.8. The van der Waals surface area contributed by atoms with E-state index in [1.54, 1.807) is 11.9 Å². The molecule has 28 heavy (non-hydrogen) atoms. The van der Waals surface area contributed by atoms with Gasteiger partial charge in [0.25, 0.3) is 0 Å². The lowest BCUT2D eigenvalue weighted by Gasteiger charge is -2.19. The lowest BCUT2D eigenvalue weighted by molar-refractivity contribution is -0.130. The number of guanidine groups is 1. The van der Waals surface area contributed by atoms with Gasteiger partial charge in [-0.15, -0.1) is 24.0 Å². The Morgan fingerprint density at radius 1 is 1.07 bits per heavy atom. The summed E-state index contributed by atoms with van der Waals surface area (Å²) in [7, 11) is 3.56. The molecule has 2 rings (SSSR count). The zero-order valence-electron chi connectivity index (χ0n) is 16.5. The van der Waals surface area contributed by atoms with Crippen LogP contribution in [0.3, 0.4) is 0 Å². The van der Waals surface area contributed by atoms with Crippen LogP contribution in [-0.4, -0.2) is 37.4 Å². The first-order valence-electron chi connectivity index (χ1n) is 8.97. The summed E-state index contributed by atoms with van der Waals surface area (Å²) >= 11 is 3.52. The average molecular weight is 559 g/mol. The van der Waals surface area contributed by atoms with Gasteiger partial charge in [-0.05, 0) is 29.7 Å². The number of carbonyl (C=O) groups excluding carboxylic acids is 1. The molecule has 0 spiro atoms. The van der Waals surface area contributed by atoms with Gasteiger partial charge < -0.3 is 15.5 Å². The van der Waals surface area contributed by atoms with Crippen LogP contribution in [0.2, 0.25) is 0 Å². The number of aryl methyl sites for hydroxylation is 1. The number of aliphatic imine (C=N–C) groups is 1. The van der Waals surface area contributed by atoms with Gasteiger partial charge in [-0.25, -0.2) is 0 Å². The van der Waals surface area contributed by atoms with Gasteiger partial charge in [0, 0.05) is 44.6 Å². The SMILES string of the molecule is CN=C(NCCC(=O)N(C)Cc1ccccc1Br)NCc1ccccc1C.I. The first-order chi connectivity index (χ1) is 13.0. The van der Waals surface area contributed by atoms with Gasteiger partial charge in [-0.1, -0.05) is 58.4 Å². The Kier molecular flexibility index (Phi) is 11.1. The van der Waals surface area contributed by atoms with Crippen molar-refractivity contribution in [3.05, 3.63) is 69.7 Å². The number of hydrogen-bond donors (Lipinski definition) is 2. The maximum absolute atomic E-state index is 12.4. The molecule has 0 aliphatic rings. The van der Waals surface area contributed by atoms with Crippen LogP contribution < -0.4 is 10.6 Å². The summed E-state index contributed by atoms with van der Waals surface area (Å²) in [5.41, 5.74) is 3.56. The van der Waals surface area contributed by atoms with Crippen molar-refractivity contribution in [1.29, 1.82) is 0 Å². The van der Waals surface area contributed by atoms with E-state index in [1.165, 1.54) is 11.1 Å². The number of rotatable bonds is 7. The number of benzene rings is 2. The zero-order valence-corrected chi connectivity index (χ0v) is 20.5. The smallest absolute Gasteiger partial charge is 0.224 e. The van der Waals surface area contributed by atoms with E-state index in [-0.39, 0.29) is 29.9 Å². The van der Waals surface area contributed by atoms with E-state index in [0.717, 1.165) is 10.0 Å². The number of nitrogens with zero attached hydrogens (tertiary/aromatic N) is 2. The minimum absolute atomic E-state index is 0. The van der Waals surface area contributed by atoms with Gasteiger partial charge in [0.05, 0.1) is 0 Å². The van der Waals surface area contributed by atoms with E-state index in [4.69, 9.17) is 0 Å². The largest absolute Gasteiger partial charge is 0.356 e. The molecule has 0 aromatic heterocycles. The van der Waals surface area contributed by atoms with Crippen LogP contribution in [-0.2, 0) is 17.9 Å². The van der Waals surface area contributed by atoms with Gasteiger partial charge in [-0.2, -0.15) is 0 Å². The summed E-state index contributed by atoms with van der Waals surface area (Å²) in [6, 6.07) is 16.2. The predicted octanol–water partition coefficient (Wildman–Crippen LogP) is 4.09. The van der Waals surface area contributed by atoms with E-state index in [1.807, 2.05) is 43.4 Å². The first-order valence-corrected chi connectivity index (χ1v) is 9.77. The van der Waals surface area contributed by atoms with Crippen molar-refractivity contribution < 1.29 is 4.79 Å². The lowest BCUT2D eigenvalue weighted by Crippen LogP contribution is -2.39. The minimum atomic E-state index is 0. The van der Waals surface area contributed by atoms with Gasteiger partial charge in [0.15, 0.2) is 5.96 Å². The molecule has 2 aromatic rings. The van der Waals surface area contributed by atoms with Crippen molar-refractivity contribution in [2.45, 2.75) is 26.4 Å². The summed E-state index contributed by atoms with van der Waals surface area (Å²) in [6.45, 7) is 3.90. The van der Waals surface area contributed by atoms with Gasteiger partial charge >= 0.3 is 0 Å². The molecule has 7 heteroatoms. The standard InChI is InChI=1S/C21H27BrN4O.HI/c1-16-8-4-5-9-17(16)14-25-21(23-2)24-13-12-20(27)26(3)15-18-10-6-7-11-19(18)22;/h4-11H,12-15H2,1-3H3,(H2,23,24,25);1H. The minimum Gasteiger partial charge on any atom is -0.356 e. The molecule has 0 saturated heterocycles. The molecule has 0 radical (unpaired) electrons. The third-order valence-corrected chi connectivity index (χ3v) is 5.13. The Morgan fingerprint density at radius 2 is 1.71 bits per heavy atom. The summed E-state index contributed by atoms with van der Waals surface area (Å²) in [5.74, 6) is 0.784. The number of hydrogen-bond acceptors (Lipinski definition) is 2. The molecule has 0 unspecified atom stereocenters. The van der Waals surface area contributed by atoms with Crippen LogP contribution in [0.1, 0.15) is 23.1 Å². The summed E-state index contributed by atoms with van der Waals surface area (Å²) in [6.07, 6.45) is 0.409. The van der Waals surface area contributed by atoms with Gasteiger partial charge in [0.1, 0.15) is 0 Å². The van der Waals surface area contributed by atoms with E-state index >= 15 is 0 Å². The average Bonchev–Trinajstić information content (AvgIpc) is 2.67. The summed E-state index contributed by atoms with van der Waals surface area (Å²) in [4.78, 5) is 18.3.